The van der Waals surface area contributed by atoms with E-state index in [1.807, 2.05) is 10.6 Å². The topological polar surface area (TPSA) is 24.1 Å². The highest BCUT2D eigenvalue weighted by Crippen LogP contribution is 2.62. The second kappa shape index (κ2) is 14.2. The van der Waals surface area contributed by atoms with Gasteiger partial charge >= 0.3 is 71.6 Å². The summed E-state index contributed by atoms with van der Waals surface area (Å²) >= 11 is 0. The molecule has 1 aromatic carbocycles. The Labute approximate surface area is 271 Å². The normalized spacial score (nSPS) is 15.7. The Hall–Kier alpha value is -2.68. The van der Waals surface area contributed by atoms with Gasteiger partial charge in [-0.2, -0.15) is 114 Å². The minimum atomic E-state index is -8.08. The van der Waals surface area contributed by atoms with E-state index in [4.69, 9.17) is 0 Å². The van der Waals surface area contributed by atoms with Gasteiger partial charge in [-0.15, -0.1) is 0 Å². The Morgan fingerprint density at radius 2 is 0.519 bits per heavy atom. The van der Waals surface area contributed by atoms with Crippen molar-refractivity contribution in [1.29, 1.82) is 0 Å². The van der Waals surface area contributed by atoms with Gasteiger partial charge in [-0.3, -0.25) is 0 Å². The first kappa shape index (κ1) is 47.3. The summed E-state index contributed by atoms with van der Waals surface area (Å²) < 4.78 is 341. The molecule has 0 aromatic heterocycles. The molecular formula is C24H18F26N2. The van der Waals surface area contributed by atoms with Gasteiger partial charge in [0.05, 0.1) is 0 Å². The fourth-order valence-corrected chi connectivity index (χ4v) is 3.65. The van der Waals surface area contributed by atoms with Gasteiger partial charge in [-0.05, 0) is 11.1 Å². The minimum absolute atomic E-state index is 0.0782. The third-order valence-electron chi connectivity index (χ3n) is 6.91. The molecular weight excluding hydrogens is 810 g/mol. The van der Waals surface area contributed by atoms with Gasteiger partial charge in [0.25, 0.3) is 0 Å². The van der Waals surface area contributed by atoms with Crippen molar-refractivity contribution in [3.05, 3.63) is 35.4 Å². The molecule has 1 aromatic rings. The molecule has 2 N–H and O–H groups in total. The maximum absolute atomic E-state index is 13.8. The van der Waals surface area contributed by atoms with Gasteiger partial charge in [0, 0.05) is 39.0 Å². The highest BCUT2D eigenvalue weighted by atomic mass is 19.4. The summed E-state index contributed by atoms with van der Waals surface area (Å²) in [6.07, 6.45) is -20.3. The second-order valence-corrected chi connectivity index (χ2v) is 10.7. The molecule has 1 rings (SSSR count). The molecule has 0 unspecified atom stereocenters. The summed E-state index contributed by atoms with van der Waals surface area (Å²) in [6, 6.07) is 3.82. The summed E-state index contributed by atoms with van der Waals surface area (Å²) in [6.45, 7) is -4.47. The van der Waals surface area contributed by atoms with Crippen LogP contribution >= 0.6 is 0 Å². The Kier molecular flexibility index (Phi) is 12.9. The van der Waals surface area contributed by atoms with Crippen LogP contribution in [-0.4, -0.2) is 84.7 Å². The average Bonchev–Trinajstić information content (AvgIpc) is 2.96. The SMILES string of the molecule is FC(F)(F)C(F)(F)C(F)(F)C(F)(F)C(F)(F)C(F)(F)CCNCc1ccc(CNCCC(F)(F)C(F)(F)C(F)(F)C(F)(F)C(F)(F)C(F)(F)F)cc1. The highest BCUT2D eigenvalue weighted by molar-refractivity contribution is 5.22. The van der Waals surface area contributed by atoms with Crippen LogP contribution in [-0.2, 0) is 13.1 Å². The minimum Gasteiger partial charge on any atom is -0.312 e. The van der Waals surface area contributed by atoms with E-state index in [1.54, 1.807) is 0 Å². The van der Waals surface area contributed by atoms with E-state index >= 15 is 0 Å². The van der Waals surface area contributed by atoms with Gasteiger partial charge in [0.15, 0.2) is 0 Å². The van der Waals surface area contributed by atoms with E-state index in [0.717, 1.165) is 24.3 Å². The summed E-state index contributed by atoms with van der Waals surface area (Å²) in [4.78, 5) is 0. The lowest BCUT2D eigenvalue weighted by Crippen LogP contribution is -2.70. The zero-order chi connectivity index (χ0) is 41.6. The maximum Gasteiger partial charge on any atom is 0.460 e. The molecule has 0 fully saturated rings. The number of rotatable bonds is 18. The van der Waals surface area contributed by atoms with E-state index in [9.17, 15) is 114 Å². The van der Waals surface area contributed by atoms with Crippen molar-refractivity contribution >= 4 is 0 Å². The Bertz CT molecular complexity index is 1230. The van der Waals surface area contributed by atoms with Crippen LogP contribution in [0.2, 0.25) is 0 Å². The van der Waals surface area contributed by atoms with Crippen LogP contribution in [0.3, 0.4) is 0 Å². The molecule has 0 aliphatic carbocycles. The van der Waals surface area contributed by atoms with Crippen LogP contribution in [0.5, 0.6) is 0 Å². The molecule has 28 heteroatoms. The van der Waals surface area contributed by atoms with Gasteiger partial charge in [-0.1, -0.05) is 24.3 Å². The lowest BCUT2D eigenvalue weighted by atomic mass is 9.92. The van der Waals surface area contributed by atoms with E-state index in [2.05, 4.69) is 0 Å². The molecule has 0 saturated heterocycles. The molecule has 0 heterocycles. The fourth-order valence-electron chi connectivity index (χ4n) is 3.65. The number of hydrogen-bond acceptors (Lipinski definition) is 2. The molecule has 0 aliphatic heterocycles. The van der Waals surface area contributed by atoms with Crippen LogP contribution in [0.25, 0.3) is 0 Å². The monoisotopic (exact) mass is 828 g/mol. The van der Waals surface area contributed by atoms with Crippen molar-refractivity contribution in [2.24, 2.45) is 0 Å². The fraction of sp³-hybridized carbons (Fsp3) is 0.750. The van der Waals surface area contributed by atoms with Crippen molar-refractivity contribution in [2.75, 3.05) is 13.1 Å². The number of alkyl halides is 26. The number of nitrogens with one attached hydrogen (secondary N) is 2. The predicted molar refractivity (Wildman–Crippen MR) is 121 cm³/mol. The van der Waals surface area contributed by atoms with Gasteiger partial charge in [-0.25, -0.2) is 0 Å². The number of hydrogen-bond donors (Lipinski definition) is 2. The van der Waals surface area contributed by atoms with Crippen LogP contribution in [0.4, 0.5) is 114 Å². The van der Waals surface area contributed by atoms with Gasteiger partial charge in [0.1, 0.15) is 0 Å². The molecule has 0 amide bonds. The standard InChI is InChI=1S/C24H18F26N2/c25-13(26,15(29,30)17(33,34)19(37,38)21(41,42)23(45,46)47)5-7-51-9-11-1-2-12(4-3-11)10-52-8-6-14(27,28)16(31,32)18(35,36)20(39,40)22(43,44)24(48,49)50/h1-4,51-52H,5-10H2. The third kappa shape index (κ3) is 7.91. The zero-order valence-corrected chi connectivity index (χ0v) is 24.4. The van der Waals surface area contributed by atoms with Gasteiger partial charge < -0.3 is 10.6 Å². The van der Waals surface area contributed by atoms with Crippen LogP contribution in [0.1, 0.15) is 24.0 Å². The van der Waals surface area contributed by atoms with Crippen LogP contribution in [0.15, 0.2) is 24.3 Å². The molecule has 2 nitrogen and oxygen atoms in total. The summed E-state index contributed by atoms with van der Waals surface area (Å²) in [5, 5.41) is 3.70. The molecule has 0 spiro atoms. The van der Waals surface area contributed by atoms with E-state index < -0.39 is 111 Å². The first-order valence-corrected chi connectivity index (χ1v) is 13.1. The van der Waals surface area contributed by atoms with Crippen LogP contribution < -0.4 is 10.6 Å². The Balaban J connectivity index is 2.82. The van der Waals surface area contributed by atoms with E-state index in [-0.39, 0.29) is 11.1 Å². The van der Waals surface area contributed by atoms with E-state index in [0.29, 0.717) is 0 Å². The highest BCUT2D eigenvalue weighted by Gasteiger charge is 2.92. The second-order valence-electron chi connectivity index (χ2n) is 10.7. The first-order chi connectivity index (χ1) is 22.7. The molecule has 0 bridgehead atoms. The first-order valence-electron chi connectivity index (χ1n) is 13.1. The molecule has 0 radical (unpaired) electrons. The van der Waals surface area contributed by atoms with Crippen molar-refractivity contribution in [2.45, 2.75) is 97.5 Å². The zero-order valence-electron chi connectivity index (χ0n) is 24.4. The van der Waals surface area contributed by atoms with Crippen molar-refractivity contribution in [1.82, 2.24) is 10.6 Å². The summed E-state index contributed by atoms with van der Waals surface area (Å²) in [5.41, 5.74) is -0.156. The molecule has 52 heavy (non-hydrogen) atoms. The Morgan fingerprint density at radius 3 is 0.731 bits per heavy atom. The number of halogens is 26. The van der Waals surface area contributed by atoms with Crippen molar-refractivity contribution in [3.8, 4) is 0 Å². The predicted octanol–water partition coefficient (Wildman–Crippen LogP) is 10.1. The average molecular weight is 828 g/mol. The maximum atomic E-state index is 13.8. The quantitative estimate of drug-likeness (QED) is 0.114. The molecule has 306 valence electrons. The number of benzene rings is 1. The largest absolute Gasteiger partial charge is 0.460 e. The lowest BCUT2D eigenvalue weighted by molar-refractivity contribution is -0.440. The van der Waals surface area contributed by atoms with Crippen molar-refractivity contribution in [3.63, 3.8) is 0 Å². The molecule has 0 aliphatic rings. The summed E-state index contributed by atoms with van der Waals surface area (Å²) in [7, 11) is 0. The smallest absolute Gasteiger partial charge is 0.312 e. The van der Waals surface area contributed by atoms with Crippen LogP contribution in [0, 0.1) is 0 Å². The lowest BCUT2D eigenvalue weighted by Gasteiger charge is -2.39. The molecule has 0 atom stereocenters. The third-order valence-corrected chi connectivity index (χ3v) is 6.91. The summed E-state index contributed by atoms with van der Waals surface area (Å²) in [5.74, 6) is -75.6. The van der Waals surface area contributed by atoms with Crippen molar-refractivity contribution < 1.29 is 114 Å². The van der Waals surface area contributed by atoms with Gasteiger partial charge in [0.2, 0.25) is 0 Å². The van der Waals surface area contributed by atoms with E-state index in [1.165, 1.54) is 0 Å². The Morgan fingerprint density at radius 1 is 0.308 bits per heavy atom. The molecule has 0 saturated carbocycles.